The van der Waals surface area contributed by atoms with Gasteiger partial charge in [0.05, 0.1) is 22.1 Å². The molecule has 156 valence electrons. The van der Waals surface area contributed by atoms with E-state index < -0.39 is 23.0 Å². The van der Waals surface area contributed by atoms with Gasteiger partial charge in [0.2, 0.25) is 0 Å². The monoisotopic (exact) mass is 411 g/mol. The highest BCUT2D eigenvalue weighted by molar-refractivity contribution is 5.95. The van der Waals surface area contributed by atoms with E-state index in [1.54, 1.807) is 25.1 Å². The van der Waals surface area contributed by atoms with Gasteiger partial charge in [-0.15, -0.1) is 0 Å². The van der Waals surface area contributed by atoms with E-state index in [0.29, 0.717) is 11.4 Å². The fourth-order valence-corrected chi connectivity index (χ4v) is 3.12. The average molecular weight is 411 g/mol. The number of carbonyl (C=O) groups excluding carboxylic acids is 2. The average Bonchev–Trinajstić information content (AvgIpc) is 2.75. The minimum Gasteiger partial charge on any atom is -0.490 e. The highest BCUT2D eigenvalue weighted by Gasteiger charge is 2.37. The van der Waals surface area contributed by atoms with Crippen molar-refractivity contribution in [3.8, 4) is 5.75 Å². The number of hydrogen-bond donors (Lipinski definition) is 1. The molecule has 0 fully saturated rings. The van der Waals surface area contributed by atoms with Crippen LogP contribution >= 0.6 is 0 Å². The number of para-hydroxylation sites is 2. The molecule has 1 aliphatic heterocycles. The van der Waals surface area contributed by atoms with E-state index in [1.165, 1.54) is 30.1 Å². The van der Waals surface area contributed by atoms with Crippen molar-refractivity contribution < 1.29 is 24.0 Å². The summed E-state index contributed by atoms with van der Waals surface area (Å²) in [6, 6.07) is 13.6. The lowest BCUT2D eigenvalue weighted by Gasteiger charge is -2.33. The standard InChI is InChI=1S/C21H21N3O6/c1-14-18(20(25)30-13-12-29-15-8-4-3-5-9-15)19(22-21(26)23(14)2)16-10-6-7-11-17(16)24(27)28/h3-11,19H,12-13H2,1-2H3,(H,22,26)/t19-/m0/s1. The van der Waals surface area contributed by atoms with E-state index in [4.69, 9.17) is 9.47 Å². The molecule has 1 atom stereocenters. The molecule has 30 heavy (non-hydrogen) atoms. The van der Waals surface area contributed by atoms with Crippen LogP contribution in [0.15, 0.2) is 65.9 Å². The van der Waals surface area contributed by atoms with Crippen molar-refractivity contribution >= 4 is 17.7 Å². The predicted octanol–water partition coefficient (Wildman–Crippen LogP) is 3.19. The smallest absolute Gasteiger partial charge is 0.338 e. The SMILES string of the molecule is CC1=C(C(=O)OCCOc2ccccc2)[C@H](c2ccccc2[N+](=O)[O-])NC(=O)N1C. The van der Waals surface area contributed by atoms with Crippen LogP contribution < -0.4 is 10.1 Å². The summed E-state index contributed by atoms with van der Waals surface area (Å²) >= 11 is 0. The number of nitro groups is 1. The normalized spacial score (nSPS) is 16.1. The molecular formula is C21H21N3O6. The van der Waals surface area contributed by atoms with Gasteiger partial charge in [0.25, 0.3) is 5.69 Å². The van der Waals surface area contributed by atoms with Gasteiger partial charge in [0.15, 0.2) is 0 Å². The van der Waals surface area contributed by atoms with Crippen molar-refractivity contribution in [3.63, 3.8) is 0 Å². The van der Waals surface area contributed by atoms with Crippen LogP contribution in [0.5, 0.6) is 5.75 Å². The van der Waals surface area contributed by atoms with Gasteiger partial charge in [-0.3, -0.25) is 10.1 Å². The molecule has 9 heteroatoms. The summed E-state index contributed by atoms with van der Waals surface area (Å²) in [5.41, 5.74) is 0.496. The third kappa shape index (κ3) is 4.40. The second kappa shape index (κ2) is 9.08. The molecule has 0 aromatic heterocycles. The van der Waals surface area contributed by atoms with Crippen LogP contribution in [0, 0.1) is 10.1 Å². The molecule has 0 radical (unpaired) electrons. The maximum absolute atomic E-state index is 12.9. The van der Waals surface area contributed by atoms with Gasteiger partial charge in [0, 0.05) is 18.8 Å². The molecule has 0 saturated carbocycles. The number of benzene rings is 2. The van der Waals surface area contributed by atoms with Crippen LogP contribution in [0.4, 0.5) is 10.5 Å². The molecule has 1 heterocycles. The largest absolute Gasteiger partial charge is 0.490 e. The fourth-order valence-electron chi connectivity index (χ4n) is 3.12. The van der Waals surface area contributed by atoms with Crippen LogP contribution in [-0.4, -0.2) is 42.1 Å². The molecule has 0 unspecified atom stereocenters. The maximum Gasteiger partial charge on any atom is 0.338 e. The molecule has 3 rings (SSSR count). The predicted molar refractivity (Wildman–Crippen MR) is 108 cm³/mol. The number of carbonyl (C=O) groups is 2. The molecule has 9 nitrogen and oxygen atoms in total. The molecule has 0 saturated heterocycles. The first-order valence-electron chi connectivity index (χ1n) is 9.23. The Morgan fingerprint density at radius 1 is 1.13 bits per heavy atom. The Morgan fingerprint density at radius 2 is 1.80 bits per heavy atom. The van der Waals surface area contributed by atoms with Crippen molar-refractivity contribution in [3.05, 3.63) is 81.5 Å². The lowest BCUT2D eigenvalue weighted by Crippen LogP contribution is -2.46. The first kappa shape index (κ1) is 20.8. The summed E-state index contributed by atoms with van der Waals surface area (Å²) in [6.07, 6.45) is 0. The summed E-state index contributed by atoms with van der Waals surface area (Å²) in [7, 11) is 1.51. The second-order valence-electron chi connectivity index (χ2n) is 6.55. The number of hydrogen-bond acceptors (Lipinski definition) is 6. The molecule has 0 aliphatic carbocycles. The number of ether oxygens (including phenoxy) is 2. The summed E-state index contributed by atoms with van der Waals surface area (Å²) in [5.74, 6) is -0.0365. The number of esters is 1. The van der Waals surface area contributed by atoms with Crippen molar-refractivity contribution in [1.29, 1.82) is 0 Å². The van der Waals surface area contributed by atoms with Gasteiger partial charge in [-0.25, -0.2) is 9.59 Å². The second-order valence-corrected chi connectivity index (χ2v) is 6.55. The Labute approximate surface area is 173 Å². The third-order valence-electron chi connectivity index (χ3n) is 4.75. The molecular weight excluding hydrogens is 390 g/mol. The minimum absolute atomic E-state index is 0.0221. The van der Waals surface area contributed by atoms with E-state index in [0.717, 1.165) is 0 Å². The number of nitrogens with one attached hydrogen (secondary N) is 1. The Bertz CT molecular complexity index is 989. The molecule has 1 N–H and O–H groups in total. The van der Waals surface area contributed by atoms with Crippen molar-refractivity contribution in [2.24, 2.45) is 0 Å². The molecule has 0 bridgehead atoms. The van der Waals surface area contributed by atoms with Crippen molar-refractivity contribution in [1.82, 2.24) is 10.2 Å². The zero-order valence-corrected chi connectivity index (χ0v) is 16.5. The van der Waals surface area contributed by atoms with Crippen LogP contribution in [0.1, 0.15) is 18.5 Å². The van der Waals surface area contributed by atoms with Gasteiger partial charge >= 0.3 is 12.0 Å². The van der Waals surface area contributed by atoms with E-state index >= 15 is 0 Å². The van der Waals surface area contributed by atoms with Crippen LogP contribution in [0.2, 0.25) is 0 Å². The highest BCUT2D eigenvalue weighted by Crippen LogP contribution is 2.35. The van der Waals surface area contributed by atoms with Crippen LogP contribution in [0.3, 0.4) is 0 Å². The number of urea groups is 1. The van der Waals surface area contributed by atoms with Crippen molar-refractivity contribution in [2.45, 2.75) is 13.0 Å². The summed E-state index contributed by atoms with van der Waals surface area (Å²) in [6.45, 7) is 1.71. The topological polar surface area (TPSA) is 111 Å². The zero-order chi connectivity index (χ0) is 21.7. The minimum atomic E-state index is -1.00. The number of rotatable bonds is 7. The summed E-state index contributed by atoms with van der Waals surface area (Å²) in [5, 5.41) is 14.1. The van der Waals surface area contributed by atoms with Gasteiger partial charge in [0.1, 0.15) is 19.0 Å². The Hall–Kier alpha value is -3.88. The number of amides is 2. The summed E-state index contributed by atoms with van der Waals surface area (Å²) < 4.78 is 10.8. The van der Waals surface area contributed by atoms with Gasteiger partial charge in [-0.05, 0) is 25.1 Å². The lowest BCUT2D eigenvalue weighted by atomic mass is 9.94. The number of allylic oxidation sites excluding steroid dienone is 1. The maximum atomic E-state index is 12.9. The summed E-state index contributed by atoms with van der Waals surface area (Å²) in [4.78, 5) is 37.3. The third-order valence-corrected chi connectivity index (χ3v) is 4.75. The van der Waals surface area contributed by atoms with E-state index in [-0.39, 0.29) is 30.0 Å². The first-order valence-corrected chi connectivity index (χ1v) is 9.23. The van der Waals surface area contributed by atoms with E-state index in [1.807, 2.05) is 18.2 Å². The Kier molecular flexibility index (Phi) is 6.31. The van der Waals surface area contributed by atoms with Crippen LogP contribution in [0.25, 0.3) is 0 Å². The highest BCUT2D eigenvalue weighted by atomic mass is 16.6. The molecule has 1 aliphatic rings. The van der Waals surface area contributed by atoms with Gasteiger partial charge in [-0.2, -0.15) is 0 Å². The van der Waals surface area contributed by atoms with Crippen LogP contribution in [-0.2, 0) is 9.53 Å². The quantitative estimate of drug-likeness (QED) is 0.324. The molecule has 0 spiro atoms. The van der Waals surface area contributed by atoms with Gasteiger partial charge < -0.3 is 19.7 Å². The number of nitrogens with zero attached hydrogens (tertiary/aromatic N) is 2. The Balaban J connectivity index is 1.80. The first-order chi connectivity index (χ1) is 14.4. The molecule has 2 aromatic carbocycles. The number of nitro benzene ring substituents is 1. The molecule has 2 aromatic rings. The Morgan fingerprint density at radius 3 is 2.50 bits per heavy atom. The zero-order valence-electron chi connectivity index (χ0n) is 16.5. The van der Waals surface area contributed by atoms with Gasteiger partial charge in [-0.1, -0.05) is 30.3 Å². The van der Waals surface area contributed by atoms with Crippen molar-refractivity contribution in [2.75, 3.05) is 20.3 Å². The van der Waals surface area contributed by atoms with E-state index in [9.17, 15) is 19.7 Å². The molecule has 2 amide bonds. The lowest BCUT2D eigenvalue weighted by molar-refractivity contribution is -0.385. The fraction of sp³-hybridized carbons (Fsp3) is 0.238. The van der Waals surface area contributed by atoms with E-state index in [2.05, 4.69) is 5.32 Å².